The van der Waals surface area contributed by atoms with Gasteiger partial charge in [0.25, 0.3) is 0 Å². The van der Waals surface area contributed by atoms with Crippen molar-refractivity contribution < 1.29 is 4.79 Å². The van der Waals surface area contributed by atoms with Crippen LogP contribution in [0.4, 0.5) is 0 Å². The van der Waals surface area contributed by atoms with E-state index in [-0.39, 0.29) is 5.91 Å². The van der Waals surface area contributed by atoms with E-state index in [1.807, 2.05) is 22.9 Å². The molecule has 1 amide bonds. The summed E-state index contributed by atoms with van der Waals surface area (Å²) in [5.41, 5.74) is 3.14. The van der Waals surface area contributed by atoms with Gasteiger partial charge in [0, 0.05) is 18.8 Å². The highest BCUT2D eigenvalue weighted by Crippen LogP contribution is 2.16. The molecule has 1 aliphatic heterocycles. The highest BCUT2D eigenvalue weighted by molar-refractivity contribution is 5.77. The molecule has 0 spiro atoms. The summed E-state index contributed by atoms with van der Waals surface area (Å²) >= 11 is 0. The minimum absolute atomic E-state index is 0.0663. The molecule has 1 aliphatic rings. The lowest BCUT2D eigenvalue weighted by Crippen LogP contribution is -2.38. The maximum atomic E-state index is 12.3. The molecule has 3 rings (SSSR count). The van der Waals surface area contributed by atoms with Crippen molar-refractivity contribution in [1.82, 2.24) is 25.3 Å². The largest absolute Gasteiger partial charge is 0.349 e. The third-order valence-corrected chi connectivity index (χ3v) is 4.72. The minimum Gasteiger partial charge on any atom is -0.349 e. The topological polar surface area (TPSA) is 62.2 Å². The fraction of sp³-hybridized carbons (Fsp3) is 0.524. The fourth-order valence-electron chi connectivity index (χ4n) is 3.43. The third kappa shape index (κ3) is 5.91. The molecule has 2 aromatic rings. The standard InChI is InChI=1S/C21H31N5O/c1-17(2)13-20-14-18(24-26(20)19-7-4-3-5-8-19)15-23-21(27)16-25-11-6-9-22-10-12-25/h3-5,7-8,14,17,22H,6,9-13,15-16H2,1-2H3,(H,23,27). The summed E-state index contributed by atoms with van der Waals surface area (Å²) < 4.78 is 2.00. The first-order chi connectivity index (χ1) is 13.1. The number of rotatable bonds is 7. The van der Waals surface area contributed by atoms with Crippen molar-refractivity contribution in [2.24, 2.45) is 5.92 Å². The maximum Gasteiger partial charge on any atom is 0.234 e. The molecular formula is C21H31N5O. The molecule has 1 aromatic carbocycles. The number of para-hydroxylation sites is 1. The zero-order chi connectivity index (χ0) is 19.1. The van der Waals surface area contributed by atoms with Gasteiger partial charge in [-0.25, -0.2) is 4.68 Å². The Kier molecular flexibility index (Phi) is 7.01. The zero-order valence-electron chi connectivity index (χ0n) is 16.4. The van der Waals surface area contributed by atoms with E-state index in [1.54, 1.807) is 0 Å². The molecule has 0 saturated carbocycles. The first-order valence-electron chi connectivity index (χ1n) is 9.95. The van der Waals surface area contributed by atoms with E-state index < -0.39 is 0 Å². The Morgan fingerprint density at radius 3 is 2.81 bits per heavy atom. The van der Waals surface area contributed by atoms with Gasteiger partial charge in [-0.2, -0.15) is 5.10 Å². The van der Waals surface area contributed by atoms with Gasteiger partial charge in [0.2, 0.25) is 5.91 Å². The van der Waals surface area contributed by atoms with Crippen LogP contribution in [0.15, 0.2) is 36.4 Å². The van der Waals surface area contributed by atoms with E-state index in [9.17, 15) is 4.79 Å². The van der Waals surface area contributed by atoms with E-state index in [4.69, 9.17) is 5.10 Å². The molecule has 6 nitrogen and oxygen atoms in total. The third-order valence-electron chi connectivity index (χ3n) is 4.72. The Morgan fingerprint density at radius 1 is 1.22 bits per heavy atom. The molecule has 2 heterocycles. The Labute approximate surface area is 161 Å². The van der Waals surface area contributed by atoms with Crippen molar-refractivity contribution in [3.63, 3.8) is 0 Å². The van der Waals surface area contributed by atoms with Crippen molar-refractivity contribution in [1.29, 1.82) is 0 Å². The second-order valence-electron chi connectivity index (χ2n) is 7.63. The maximum absolute atomic E-state index is 12.3. The Bertz CT molecular complexity index is 717. The fourth-order valence-corrected chi connectivity index (χ4v) is 3.43. The van der Waals surface area contributed by atoms with E-state index in [1.165, 1.54) is 5.69 Å². The number of carbonyl (C=O) groups is 1. The number of amides is 1. The summed E-state index contributed by atoms with van der Waals surface area (Å²) in [5.74, 6) is 0.611. The van der Waals surface area contributed by atoms with Crippen LogP contribution in [-0.4, -0.2) is 53.3 Å². The second-order valence-corrected chi connectivity index (χ2v) is 7.63. The molecule has 146 valence electrons. The Balaban J connectivity index is 1.62. The summed E-state index contributed by atoms with van der Waals surface area (Å²) in [5, 5.41) is 11.1. The summed E-state index contributed by atoms with van der Waals surface area (Å²) in [6.07, 6.45) is 2.05. The summed E-state index contributed by atoms with van der Waals surface area (Å²) in [4.78, 5) is 14.5. The lowest BCUT2D eigenvalue weighted by atomic mass is 10.1. The predicted molar refractivity (Wildman–Crippen MR) is 108 cm³/mol. The lowest BCUT2D eigenvalue weighted by Gasteiger charge is -2.18. The molecule has 0 radical (unpaired) electrons. The number of nitrogens with zero attached hydrogens (tertiary/aromatic N) is 3. The van der Waals surface area contributed by atoms with Gasteiger partial charge in [-0.1, -0.05) is 32.0 Å². The quantitative estimate of drug-likeness (QED) is 0.783. The molecule has 0 unspecified atom stereocenters. The van der Waals surface area contributed by atoms with Gasteiger partial charge in [-0.15, -0.1) is 0 Å². The summed E-state index contributed by atoms with van der Waals surface area (Å²) in [6.45, 7) is 9.23. The van der Waals surface area contributed by atoms with Crippen LogP contribution in [0.1, 0.15) is 31.7 Å². The number of carbonyl (C=O) groups excluding carboxylic acids is 1. The first-order valence-corrected chi connectivity index (χ1v) is 9.95. The molecule has 0 bridgehead atoms. The van der Waals surface area contributed by atoms with Crippen molar-refractivity contribution in [2.45, 2.75) is 33.2 Å². The average molecular weight is 370 g/mol. The number of nitrogens with one attached hydrogen (secondary N) is 2. The minimum atomic E-state index is 0.0663. The van der Waals surface area contributed by atoms with Crippen LogP contribution >= 0.6 is 0 Å². The number of aromatic nitrogens is 2. The molecule has 1 aromatic heterocycles. The monoisotopic (exact) mass is 369 g/mol. The van der Waals surface area contributed by atoms with Gasteiger partial charge in [-0.05, 0) is 50.0 Å². The van der Waals surface area contributed by atoms with Gasteiger partial charge in [0.15, 0.2) is 0 Å². The molecule has 0 aliphatic carbocycles. The second kappa shape index (κ2) is 9.67. The average Bonchev–Trinajstić information content (AvgIpc) is 2.86. The van der Waals surface area contributed by atoms with Crippen LogP contribution in [0.5, 0.6) is 0 Å². The highest BCUT2D eigenvalue weighted by Gasteiger charge is 2.14. The normalized spacial score (nSPS) is 15.7. The highest BCUT2D eigenvalue weighted by atomic mass is 16.2. The van der Waals surface area contributed by atoms with Crippen molar-refractivity contribution in [3.8, 4) is 5.69 Å². The molecule has 1 saturated heterocycles. The van der Waals surface area contributed by atoms with Crippen LogP contribution < -0.4 is 10.6 Å². The van der Waals surface area contributed by atoms with Crippen LogP contribution in [-0.2, 0) is 17.8 Å². The Hall–Kier alpha value is -2.18. The van der Waals surface area contributed by atoms with Crippen LogP contribution in [0.3, 0.4) is 0 Å². The molecule has 1 fully saturated rings. The van der Waals surface area contributed by atoms with E-state index in [0.717, 1.165) is 50.4 Å². The van der Waals surface area contributed by atoms with Crippen LogP contribution in [0, 0.1) is 5.92 Å². The first kappa shape index (κ1) is 19.6. The zero-order valence-corrected chi connectivity index (χ0v) is 16.4. The van der Waals surface area contributed by atoms with Crippen molar-refractivity contribution >= 4 is 5.91 Å². The number of benzene rings is 1. The van der Waals surface area contributed by atoms with E-state index >= 15 is 0 Å². The molecular weight excluding hydrogens is 338 g/mol. The smallest absolute Gasteiger partial charge is 0.234 e. The number of hydrogen-bond donors (Lipinski definition) is 2. The van der Waals surface area contributed by atoms with Crippen molar-refractivity contribution in [3.05, 3.63) is 47.8 Å². The van der Waals surface area contributed by atoms with Crippen LogP contribution in [0.25, 0.3) is 5.69 Å². The van der Waals surface area contributed by atoms with E-state index in [2.05, 4.69) is 47.6 Å². The predicted octanol–water partition coefficient (Wildman–Crippen LogP) is 1.98. The molecule has 27 heavy (non-hydrogen) atoms. The van der Waals surface area contributed by atoms with E-state index in [0.29, 0.717) is 19.0 Å². The summed E-state index contributed by atoms with van der Waals surface area (Å²) in [6, 6.07) is 12.3. The van der Waals surface area contributed by atoms with Crippen molar-refractivity contribution in [2.75, 3.05) is 32.7 Å². The van der Waals surface area contributed by atoms with Gasteiger partial charge in [0.05, 0.1) is 24.5 Å². The molecule has 6 heteroatoms. The SMILES string of the molecule is CC(C)Cc1cc(CNC(=O)CN2CCCNCC2)nn1-c1ccccc1. The van der Waals surface area contributed by atoms with Gasteiger partial charge < -0.3 is 10.6 Å². The molecule has 0 atom stereocenters. The van der Waals surface area contributed by atoms with Gasteiger partial charge in [-0.3, -0.25) is 9.69 Å². The van der Waals surface area contributed by atoms with Crippen LogP contribution in [0.2, 0.25) is 0 Å². The van der Waals surface area contributed by atoms with Gasteiger partial charge in [0.1, 0.15) is 0 Å². The summed E-state index contributed by atoms with van der Waals surface area (Å²) in [7, 11) is 0. The lowest BCUT2D eigenvalue weighted by molar-refractivity contribution is -0.122. The van der Waals surface area contributed by atoms with Gasteiger partial charge >= 0.3 is 0 Å². The molecule has 2 N–H and O–H groups in total. The Morgan fingerprint density at radius 2 is 2.04 bits per heavy atom. The number of hydrogen-bond acceptors (Lipinski definition) is 4.